The van der Waals surface area contributed by atoms with Gasteiger partial charge in [-0.2, -0.15) is 0 Å². The molecule has 0 radical (unpaired) electrons. The first-order valence-electron chi connectivity index (χ1n) is 5.58. The summed E-state index contributed by atoms with van der Waals surface area (Å²) in [5.41, 5.74) is 0.708. The van der Waals surface area contributed by atoms with Crippen molar-refractivity contribution in [1.29, 1.82) is 0 Å². The fraction of sp³-hybridized carbons (Fsp3) is 0. The molecule has 0 aliphatic rings. The molecule has 2 aromatic carbocycles. The first kappa shape index (κ1) is 14.7. The number of carbonyl (C=O) groups excluding carboxylic acids is 1. The minimum Gasteiger partial charge on any atom is -0.478 e. The van der Waals surface area contributed by atoms with Crippen molar-refractivity contribution in [3.05, 3.63) is 62.5 Å². The number of hydrogen-bond acceptors (Lipinski definition) is 2. The lowest BCUT2D eigenvalue weighted by molar-refractivity contribution is 0.0698. The van der Waals surface area contributed by atoms with Gasteiger partial charge in [0.2, 0.25) is 0 Å². The highest BCUT2D eigenvalue weighted by molar-refractivity contribution is 9.10. The van der Waals surface area contributed by atoms with Gasteiger partial charge in [-0.15, -0.1) is 0 Å². The molecule has 0 fully saturated rings. The Morgan fingerprint density at radius 1 is 1.05 bits per heavy atom. The monoisotopic (exact) mass is 397 g/mol. The normalized spacial score (nSPS) is 10.1. The van der Waals surface area contributed by atoms with E-state index in [1.165, 1.54) is 6.07 Å². The molecule has 20 heavy (non-hydrogen) atoms. The van der Waals surface area contributed by atoms with Crippen LogP contribution in [0, 0.1) is 0 Å². The minimum absolute atomic E-state index is 0.0303. The van der Waals surface area contributed by atoms with Crippen LogP contribution in [0.2, 0.25) is 0 Å². The molecule has 0 atom stereocenters. The smallest absolute Gasteiger partial charge is 0.337 e. The van der Waals surface area contributed by atoms with Crippen molar-refractivity contribution in [2.75, 3.05) is 5.32 Å². The van der Waals surface area contributed by atoms with Crippen LogP contribution in [0.3, 0.4) is 0 Å². The van der Waals surface area contributed by atoms with E-state index in [1.807, 2.05) is 0 Å². The predicted octanol–water partition coefficient (Wildman–Crippen LogP) is 4.16. The molecule has 102 valence electrons. The summed E-state index contributed by atoms with van der Waals surface area (Å²) in [5.74, 6) is -1.48. The second-order valence-corrected chi connectivity index (χ2v) is 5.70. The van der Waals surface area contributed by atoms with E-state index in [2.05, 4.69) is 37.2 Å². The first-order chi connectivity index (χ1) is 9.49. The molecule has 0 aliphatic carbocycles. The number of anilines is 1. The average molecular weight is 399 g/mol. The number of halogens is 2. The Balaban J connectivity index is 2.35. The number of carbonyl (C=O) groups is 2. The van der Waals surface area contributed by atoms with Gasteiger partial charge in [0.25, 0.3) is 5.91 Å². The van der Waals surface area contributed by atoms with E-state index in [4.69, 9.17) is 5.11 Å². The van der Waals surface area contributed by atoms with Crippen LogP contribution in [0.25, 0.3) is 0 Å². The zero-order valence-corrected chi connectivity index (χ0v) is 13.2. The van der Waals surface area contributed by atoms with E-state index >= 15 is 0 Å². The van der Waals surface area contributed by atoms with Crippen LogP contribution in [0.1, 0.15) is 20.7 Å². The molecule has 0 heterocycles. The lowest BCUT2D eigenvalue weighted by atomic mass is 10.1. The molecule has 0 saturated carbocycles. The van der Waals surface area contributed by atoms with Crippen molar-refractivity contribution in [3.8, 4) is 0 Å². The molecule has 6 heteroatoms. The lowest BCUT2D eigenvalue weighted by Gasteiger charge is -2.10. The maximum Gasteiger partial charge on any atom is 0.337 e. The SMILES string of the molecule is O=C(Nc1c(Br)cccc1C(=O)O)c1cccc(Br)c1. The molecule has 0 aliphatic heterocycles. The van der Waals surface area contributed by atoms with E-state index in [0.29, 0.717) is 10.0 Å². The maximum absolute atomic E-state index is 12.1. The van der Waals surface area contributed by atoms with Crippen LogP contribution in [0.15, 0.2) is 51.4 Å². The largest absolute Gasteiger partial charge is 0.478 e. The summed E-state index contributed by atoms with van der Waals surface area (Å²) in [6.45, 7) is 0. The fourth-order valence-corrected chi connectivity index (χ4v) is 2.51. The Kier molecular flexibility index (Phi) is 4.57. The van der Waals surface area contributed by atoms with Crippen molar-refractivity contribution >= 4 is 49.4 Å². The topological polar surface area (TPSA) is 66.4 Å². The Hall–Kier alpha value is -1.66. The second kappa shape index (κ2) is 6.19. The number of aromatic carboxylic acids is 1. The van der Waals surface area contributed by atoms with Gasteiger partial charge in [-0.25, -0.2) is 4.79 Å². The van der Waals surface area contributed by atoms with Gasteiger partial charge >= 0.3 is 5.97 Å². The Labute approximate surface area is 132 Å². The number of rotatable bonds is 3. The number of nitrogens with one attached hydrogen (secondary N) is 1. The standard InChI is InChI=1S/C14H9Br2NO3/c15-9-4-1-3-8(7-9)13(18)17-12-10(14(19)20)5-2-6-11(12)16/h1-7H,(H,17,18)(H,19,20). The molecule has 2 aromatic rings. The van der Waals surface area contributed by atoms with Crippen LogP contribution in [0.4, 0.5) is 5.69 Å². The number of amides is 1. The molecule has 2 rings (SSSR count). The van der Waals surface area contributed by atoms with Gasteiger partial charge in [-0.3, -0.25) is 4.79 Å². The molecule has 2 N–H and O–H groups in total. The van der Waals surface area contributed by atoms with E-state index in [0.717, 1.165) is 4.47 Å². The molecule has 4 nitrogen and oxygen atoms in total. The molecular weight excluding hydrogens is 390 g/mol. The van der Waals surface area contributed by atoms with Crippen molar-refractivity contribution < 1.29 is 14.7 Å². The number of carboxylic acid groups (broad SMARTS) is 1. The highest BCUT2D eigenvalue weighted by Crippen LogP contribution is 2.27. The molecule has 0 aromatic heterocycles. The highest BCUT2D eigenvalue weighted by atomic mass is 79.9. The fourth-order valence-electron chi connectivity index (χ4n) is 1.64. The lowest BCUT2D eigenvalue weighted by Crippen LogP contribution is -2.15. The summed E-state index contributed by atoms with van der Waals surface area (Å²) in [6, 6.07) is 11.5. The van der Waals surface area contributed by atoms with Gasteiger partial charge in [0, 0.05) is 14.5 Å². The zero-order chi connectivity index (χ0) is 14.7. The number of carboxylic acids is 1. The summed E-state index contributed by atoms with van der Waals surface area (Å²) in [4.78, 5) is 23.3. The Morgan fingerprint density at radius 2 is 1.75 bits per heavy atom. The van der Waals surface area contributed by atoms with Crippen LogP contribution in [-0.2, 0) is 0 Å². The third-order valence-electron chi connectivity index (χ3n) is 2.57. The van der Waals surface area contributed by atoms with Gasteiger partial charge in [0.1, 0.15) is 0 Å². The van der Waals surface area contributed by atoms with Crippen LogP contribution < -0.4 is 5.32 Å². The summed E-state index contributed by atoms with van der Waals surface area (Å²) >= 11 is 6.53. The number of hydrogen-bond donors (Lipinski definition) is 2. The van der Waals surface area contributed by atoms with Crippen molar-refractivity contribution in [1.82, 2.24) is 0 Å². The number of benzene rings is 2. The van der Waals surface area contributed by atoms with Crippen LogP contribution in [0.5, 0.6) is 0 Å². The van der Waals surface area contributed by atoms with Gasteiger partial charge in [-0.05, 0) is 46.3 Å². The predicted molar refractivity (Wildman–Crippen MR) is 83.2 cm³/mol. The second-order valence-electron chi connectivity index (χ2n) is 3.93. The number of para-hydroxylation sites is 1. The van der Waals surface area contributed by atoms with E-state index < -0.39 is 5.97 Å². The molecule has 0 unspecified atom stereocenters. The summed E-state index contributed by atoms with van der Waals surface area (Å²) in [6.07, 6.45) is 0. The van der Waals surface area contributed by atoms with Crippen molar-refractivity contribution in [2.24, 2.45) is 0 Å². The van der Waals surface area contributed by atoms with Gasteiger partial charge in [0.15, 0.2) is 0 Å². The van der Waals surface area contributed by atoms with Crippen LogP contribution in [-0.4, -0.2) is 17.0 Å². The van der Waals surface area contributed by atoms with Crippen molar-refractivity contribution in [2.45, 2.75) is 0 Å². The van der Waals surface area contributed by atoms with E-state index in [9.17, 15) is 9.59 Å². The quantitative estimate of drug-likeness (QED) is 0.815. The summed E-state index contributed by atoms with van der Waals surface area (Å²) in [5, 5.41) is 11.8. The average Bonchev–Trinajstić information content (AvgIpc) is 2.40. The van der Waals surface area contributed by atoms with Crippen LogP contribution >= 0.6 is 31.9 Å². The summed E-state index contributed by atoms with van der Waals surface area (Å²) < 4.78 is 1.29. The van der Waals surface area contributed by atoms with Crippen molar-refractivity contribution in [3.63, 3.8) is 0 Å². The Bertz CT molecular complexity index is 686. The molecule has 0 spiro atoms. The maximum atomic E-state index is 12.1. The van der Waals surface area contributed by atoms with E-state index in [-0.39, 0.29) is 17.2 Å². The molecule has 0 saturated heterocycles. The molecule has 1 amide bonds. The first-order valence-corrected chi connectivity index (χ1v) is 7.16. The molecule has 0 bridgehead atoms. The Morgan fingerprint density at radius 3 is 2.40 bits per heavy atom. The van der Waals surface area contributed by atoms with Gasteiger partial charge in [0.05, 0.1) is 11.3 Å². The van der Waals surface area contributed by atoms with Gasteiger partial charge < -0.3 is 10.4 Å². The summed E-state index contributed by atoms with van der Waals surface area (Å²) in [7, 11) is 0. The third-order valence-corrected chi connectivity index (χ3v) is 3.72. The minimum atomic E-state index is -1.10. The zero-order valence-electron chi connectivity index (χ0n) is 10.1. The van der Waals surface area contributed by atoms with Gasteiger partial charge in [-0.1, -0.05) is 28.1 Å². The van der Waals surface area contributed by atoms with E-state index in [1.54, 1.807) is 36.4 Å². The highest BCUT2D eigenvalue weighted by Gasteiger charge is 2.16. The molecular formula is C14H9Br2NO3. The third kappa shape index (κ3) is 3.26.